The minimum Gasteiger partial charge on any atom is -0.482 e. The van der Waals surface area contributed by atoms with Crippen LogP contribution in [0.5, 0.6) is 5.75 Å². The number of carbonyl (C=O) groups excluding carboxylic acids is 1. The van der Waals surface area contributed by atoms with Gasteiger partial charge in [0.2, 0.25) is 0 Å². The summed E-state index contributed by atoms with van der Waals surface area (Å²) in [6.07, 6.45) is 0. The Morgan fingerprint density at radius 1 is 1.35 bits per heavy atom. The number of hydrogen-bond donors (Lipinski definition) is 0. The Morgan fingerprint density at radius 2 is 2.24 bits per heavy atom. The fraction of sp³-hybridized carbons (Fsp3) is 0.154. The van der Waals surface area contributed by atoms with Gasteiger partial charge in [-0.25, -0.2) is 0 Å². The lowest BCUT2D eigenvalue weighted by Gasteiger charge is -2.26. The normalized spacial score (nSPS) is 14.4. The van der Waals surface area contributed by atoms with Crippen molar-refractivity contribution in [2.75, 3.05) is 18.6 Å². The first kappa shape index (κ1) is 10.4. The lowest BCUT2D eigenvalue weighted by molar-refractivity contribution is -0.120. The Balaban J connectivity index is 2.06. The fourth-order valence-corrected chi connectivity index (χ4v) is 2.60. The molecule has 1 aliphatic rings. The quantitative estimate of drug-likeness (QED) is 0.773. The Hall–Kier alpha value is -1.81. The predicted octanol–water partition coefficient (Wildman–Crippen LogP) is 2.77. The number of nitrogens with zero attached hydrogens (tertiary/aromatic N) is 1. The van der Waals surface area contributed by atoms with E-state index < -0.39 is 0 Å². The van der Waals surface area contributed by atoms with Gasteiger partial charge in [0.25, 0.3) is 5.91 Å². The van der Waals surface area contributed by atoms with Crippen molar-refractivity contribution in [3.05, 3.63) is 35.7 Å². The van der Waals surface area contributed by atoms with Crippen LogP contribution in [-0.2, 0) is 4.79 Å². The van der Waals surface area contributed by atoms with Crippen molar-refractivity contribution >= 4 is 22.9 Å². The molecule has 0 spiro atoms. The van der Waals surface area contributed by atoms with E-state index >= 15 is 0 Å². The van der Waals surface area contributed by atoms with E-state index in [2.05, 4.69) is 6.07 Å². The Bertz CT molecular complexity index is 563. The van der Waals surface area contributed by atoms with Gasteiger partial charge in [0.05, 0.1) is 5.69 Å². The average molecular weight is 245 g/mol. The second kappa shape index (κ2) is 3.89. The molecule has 0 N–H and O–H groups in total. The monoisotopic (exact) mass is 245 g/mol. The Labute approximate surface area is 103 Å². The number of fused-ring (bicyclic) bond motifs is 1. The first-order valence-electron chi connectivity index (χ1n) is 5.33. The second-order valence-corrected chi connectivity index (χ2v) is 4.85. The van der Waals surface area contributed by atoms with E-state index in [1.165, 1.54) is 4.88 Å². The SMILES string of the molecule is CN1C(=O)COc2cc(-c3cccs3)ccc21. The van der Waals surface area contributed by atoms with Crippen molar-refractivity contribution in [1.29, 1.82) is 0 Å². The molecule has 0 atom stereocenters. The van der Waals surface area contributed by atoms with Crippen LogP contribution < -0.4 is 9.64 Å². The molecule has 0 radical (unpaired) electrons. The number of likely N-dealkylation sites (N-methyl/N-ethyl adjacent to an activating group) is 1. The number of hydrogen-bond acceptors (Lipinski definition) is 3. The van der Waals surface area contributed by atoms with Crippen LogP contribution >= 0.6 is 11.3 Å². The molecule has 0 bridgehead atoms. The summed E-state index contributed by atoms with van der Waals surface area (Å²) < 4.78 is 5.46. The lowest BCUT2D eigenvalue weighted by atomic mass is 10.1. The summed E-state index contributed by atoms with van der Waals surface area (Å²) in [5.41, 5.74) is 1.96. The van der Waals surface area contributed by atoms with Gasteiger partial charge in [0.15, 0.2) is 6.61 Å². The van der Waals surface area contributed by atoms with Crippen LogP contribution in [0.4, 0.5) is 5.69 Å². The molecule has 17 heavy (non-hydrogen) atoms. The third kappa shape index (κ3) is 1.70. The first-order chi connectivity index (χ1) is 8.25. The molecule has 1 aromatic carbocycles. The number of thiophene rings is 1. The standard InChI is InChI=1S/C13H11NO2S/c1-14-10-5-4-9(12-3-2-6-17-12)7-11(10)16-8-13(14)15/h2-7H,8H2,1H3. The van der Waals surface area contributed by atoms with E-state index in [4.69, 9.17) is 4.74 Å². The zero-order chi connectivity index (χ0) is 11.8. The minimum atomic E-state index is -0.0126. The summed E-state index contributed by atoms with van der Waals surface area (Å²) in [6, 6.07) is 10.0. The van der Waals surface area contributed by atoms with Crippen molar-refractivity contribution in [3.8, 4) is 16.2 Å². The van der Waals surface area contributed by atoms with Crippen LogP contribution in [0.1, 0.15) is 0 Å². The van der Waals surface area contributed by atoms with E-state index in [-0.39, 0.29) is 12.5 Å². The van der Waals surface area contributed by atoms with E-state index in [1.807, 2.05) is 29.6 Å². The molecule has 0 unspecified atom stereocenters. The van der Waals surface area contributed by atoms with E-state index in [9.17, 15) is 4.79 Å². The second-order valence-electron chi connectivity index (χ2n) is 3.90. The molecule has 3 rings (SSSR count). The highest BCUT2D eigenvalue weighted by molar-refractivity contribution is 7.13. The molecule has 1 aliphatic heterocycles. The predicted molar refractivity (Wildman–Crippen MR) is 68.7 cm³/mol. The number of carbonyl (C=O) groups is 1. The molecular weight excluding hydrogens is 234 g/mol. The van der Waals surface area contributed by atoms with Gasteiger partial charge in [0, 0.05) is 11.9 Å². The minimum absolute atomic E-state index is 0.0126. The van der Waals surface area contributed by atoms with Crippen LogP contribution in [0.25, 0.3) is 10.4 Å². The van der Waals surface area contributed by atoms with Crippen LogP contribution in [-0.4, -0.2) is 19.6 Å². The van der Waals surface area contributed by atoms with Crippen molar-refractivity contribution in [2.24, 2.45) is 0 Å². The van der Waals surface area contributed by atoms with Gasteiger partial charge in [-0.05, 0) is 29.1 Å². The van der Waals surface area contributed by atoms with Crippen molar-refractivity contribution < 1.29 is 9.53 Å². The third-order valence-electron chi connectivity index (χ3n) is 2.85. The molecule has 4 heteroatoms. The molecule has 1 amide bonds. The van der Waals surface area contributed by atoms with Gasteiger partial charge in [-0.2, -0.15) is 0 Å². The number of benzene rings is 1. The van der Waals surface area contributed by atoms with Crippen LogP contribution in [0.2, 0.25) is 0 Å². The number of anilines is 1. The molecule has 0 aliphatic carbocycles. The van der Waals surface area contributed by atoms with Crippen molar-refractivity contribution in [3.63, 3.8) is 0 Å². The highest BCUT2D eigenvalue weighted by Gasteiger charge is 2.22. The van der Waals surface area contributed by atoms with Gasteiger partial charge in [0.1, 0.15) is 5.75 Å². The maximum Gasteiger partial charge on any atom is 0.264 e. The summed E-state index contributed by atoms with van der Waals surface area (Å²) in [7, 11) is 1.77. The number of rotatable bonds is 1. The summed E-state index contributed by atoms with van der Waals surface area (Å²) in [6.45, 7) is 0.122. The molecule has 1 aromatic heterocycles. The molecule has 0 fully saturated rings. The van der Waals surface area contributed by atoms with Gasteiger partial charge in [-0.15, -0.1) is 11.3 Å². The van der Waals surface area contributed by atoms with E-state index in [1.54, 1.807) is 23.3 Å². The van der Waals surface area contributed by atoms with Crippen molar-refractivity contribution in [1.82, 2.24) is 0 Å². The largest absolute Gasteiger partial charge is 0.482 e. The molecule has 0 saturated heterocycles. The Morgan fingerprint density at radius 3 is 3.00 bits per heavy atom. The zero-order valence-corrected chi connectivity index (χ0v) is 10.2. The molecule has 86 valence electrons. The van der Waals surface area contributed by atoms with Gasteiger partial charge in [-0.3, -0.25) is 4.79 Å². The lowest BCUT2D eigenvalue weighted by Crippen LogP contribution is -2.35. The zero-order valence-electron chi connectivity index (χ0n) is 9.34. The maximum atomic E-state index is 11.5. The topological polar surface area (TPSA) is 29.5 Å². The molecular formula is C13H11NO2S. The van der Waals surface area contributed by atoms with Crippen LogP contribution in [0.15, 0.2) is 35.7 Å². The van der Waals surface area contributed by atoms with E-state index in [0.29, 0.717) is 0 Å². The van der Waals surface area contributed by atoms with Gasteiger partial charge in [-0.1, -0.05) is 12.1 Å². The molecule has 3 nitrogen and oxygen atoms in total. The summed E-state index contributed by atoms with van der Waals surface area (Å²) in [5, 5.41) is 2.05. The highest BCUT2D eigenvalue weighted by atomic mass is 32.1. The average Bonchev–Trinajstić information content (AvgIpc) is 2.87. The highest BCUT2D eigenvalue weighted by Crippen LogP contribution is 2.36. The van der Waals surface area contributed by atoms with Gasteiger partial charge >= 0.3 is 0 Å². The third-order valence-corrected chi connectivity index (χ3v) is 3.77. The summed E-state index contributed by atoms with van der Waals surface area (Å²) in [5.74, 6) is 0.763. The first-order valence-corrected chi connectivity index (χ1v) is 6.21. The molecule has 0 saturated carbocycles. The van der Waals surface area contributed by atoms with Crippen molar-refractivity contribution in [2.45, 2.75) is 0 Å². The molecule has 2 aromatic rings. The van der Waals surface area contributed by atoms with Crippen LogP contribution in [0.3, 0.4) is 0 Å². The Kier molecular flexibility index (Phi) is 2.37. The van der Waals surface area contributed by atoms with Crippen LogP contribution in [0, 0.1) is 0 Å². The fourth-order valence-electron chi connectivity index (χ4n) is 1.87. The number of ether oxygens (including phenoxy) is 1. The maximum absolute atomic E-state index is 11.5. The van der Waals surface area contributed by atoms with E-state index in [0.717, 1.165) is 17.0 Å². The summed E-state index contributed by atoms with van der Waals surface area (Å²) in [4.78, 5) is 14.3. The smallest absolute Gasteiger partial charge is 0.264 e. The summed E-state index contributed by atoms with van der Waals surface area (Å²) >= 11 is 1.69. The van der Waals surface area contributed by atoms with Gasteiger partial charge < -0.3 is 9.64 Å². The number of amides is 1. The molecule has 2 heterocycles.